The molecule has 1 aromatic carbocycles. The maximum atomic E-state index is 12.5. The minimum absolute atomic E-state index is 0.114. The van der Waals surface area contributed by atoms with Crippen LogP contribution in [0.15, 0.2) is 53.5 Å². The largest absolute Gasteiger partial charge is 0.344 e. The van der Waals surface area contributed by atoms with Crippen molar-refractivity contribution in [1.29, 1.82) is 0 Å². The predicted octanol–water partition coefficient (Wildman–Crippen LogP) is 1.76. The summed E-state index contributed by atoms with van der Waals surface area (Å²) in [4.78, 5) is 28.3. The first-order valence-corrected chi connectivity index (χ1v) is 8.21. The lowest BCUT2D eigenvalue weighted by Gasteiger charge is -2.25. The van der Waals surface area contributed by atoms with Gasteiger partial charge in [0.25, 0.3) is 5.91 Å². The van der Waals surface area contributed by atoms with E-state index in [4.69, 9.17) is 0 Å². The van der Waals surface area contributed by atoms with Crippen LogP contribution >= 0.6 is 0 Å². The number of amides is 1. The van der Waals surface area contributed by atoms with Gasteiger partial charge in [-0.2, -0.15) is 9.90 Å². The number of aromatic amines is 1. The topological polar surface area (TPSA) is 92.7 Å². The molecule has 0 saturated heterocycles. The monoisotopic (exact) mass is 335 g/mol. The maximum absolute atomic E-state index is 12.5. The van der Waals surface area contributed by atoms with E-state index in [0.717, 1.165) is 36.2 Å². The molecule has 7 heteroatoms. The molecule has 0 saturated carbocycles. The summed E-state index contributed by atoms with van der Waals surface area (Å²) in [5.74, 6) is -0.272. The van der Waals surface area contributed by atoms with Crippen LogP contribution in [0.3, 0.4) is 0 Å². The molecule has 0 bridgehead atoms. The van der Waals surface area contributed by atoms with Crippen molar-refractivity contribution in [3.8, 4) is 5.69 Å². The van der Waals surface area contributed by atoms with Crippen LogP contribution in [0, 0.1) is 0 Å². The Morgan fingerprint density at radius 3 is 2.88 bits per heavy atom. The van der Waals surface area contributed by atoms with Gasteiger partial charge in [0.1, 0.15) is 0 Å². The molecule has 1 atom stereocenters. The lowest BCUT2D eigenvalue weighted by atomic mass is 9.91. The van der Waals surface area contributed by atoms with E-state index in [1.165, 1.54) is 17.1 Å². The number of aromatic nitrogens is 4. The van der Waals surface area contributed by atoms with Crippen LogP contribution in [0.4, 0.5) is 0 Å². The van der Waals surface area contributed by atoms with Crippen molar-refractivity contribution in [2.24, 2.45) is 0 Å². The smallest absolute Gasteiger partial charge is 0.273 e. The number of carbonyl (C=O) groups is 1. The van der Waals surface area contributed by atoms with Crippen LogP contribution in [0.25, 0.3) is 5.69 Å². The first-order valence-electron chi connectivity index (χ1n) is 8.21. The summed E-state index contributed by atoms with van der Waals surface area (Å²) in [5, 5.41) is 11.4. The van der Waals surface area contributed by atoms with Gasteiger partial charge in [0.05, 0.1) is 17.9 Å². The summed E-state index contributed by atoms with van der Waals surface area (Å²) >= 11 is 0. The Bertz CT molecular complexity index is 961. The average molecular weight is 335 g/mol. The Kier molecular flexibility index (Phi) is 3.89. The molecular weight excluding hydrogens is 318 g/mol. The second-order valence-corrected chi connectivity index (χ2v) is 6.03. The number of rotatable bonds is 3. The molecule has 0 radical (unpaired) electrons. The Morgan fingerprint density at radius 1 is 1.20 bits per heavy atom. The summed E-state index contributed by atoms with van der Waals surface area (Å²) < 4.78 is 0. The quantitative estimate of drug-likeness (QED) is 0.763. The number of pyridine rings is 1. The molecule has 4 rings (SSSR count). The van der Waals surface area contributed by atoms with Crippen molar-refractivity contribution in [2.75, 3.05) is 0 Å². The van der Waals surface area contributed by atoms with Gasteiger partial charge in [-0.25, -0.2) is 0 Å². The Labute approximate surface area is 143 Å². The van der Waals surface area contributed by atoms with Gasteiger partial charge in [0.2, 0.25) is 5.56 Å². The molecular formula is C18H17N5O2. The summed E-state index contributed by atoms with van der Waals surface area (Å²) in [5.41, 5.74) is 2.81. The zero-order valence-electron chi connectivity index (χ0n) is 13.5. The zero-order valence-corrected chi connectivity index (χ0v) is 13.5. The predicted molar refractivity (Wildman–Crippen MR) is 91.6 cm³/mol. The van der Waals surface area contributed by atoms with E-state index in [1.54, 1.807) is 6.07 Å². The normalized spacial score (nSPS) is 16.2. The standard InChI is InChI=1S/C18H17N5O2/c24-17-10-9-13-14(20-17)7-4-8-15(13)21-18(25)16-11-19-23(22-16)12-5-2-1-3-6-12/h1-3,5-6,9-11,15H,4,7-8H2,(H,20,24)(H,21,25)/t15-/m0/s1. The Balaban J connectivity index is 1.54. The summed E-state index contributed by atoms with van der Waals surface area (Å²) in [6.07, 6.45) is 4.02. The van der Waals surface area contributed by atoms with Gasteiger partial charge in [-0.15, -0.1) is 5.10 Å². The fourth-order valence-electron chi connectivity index (χ4n) is 3.14. The van der Waals surface area contributed by atoms with Gasteiger partial charge < -0.3 is 10.3 Å². The number of para-hydroxylation sites is 1. The second-order valence-electron chi connectivity index (χ2n) is 6.03. The van der Waals surface area contributed by atoms with E-state index in [2.05, 4.69) is 20.5 Å². The fraction of sp³-hybridized carbons (Fsp3) is 0.222. The van der Waals surface area contributed by atoms with Gasteiger partial charge in [-0.05, 0) is 43.0 Å². The van der Waals surface area contributed by atoms with Crippen LogP contribution in [0.5, 0.6) is 0 Å². The average Bonchev–Trinajstić information content (AvgIpc) is 3.13. The van der Waals surface area contributed by atoms with E-state index in [9.17, 15) is 9.59 Å². The molecule has 25 heavy (non-hydrogen) atoms. The first-order chi connectivity index (χ1) is 12.2. The lowest BCUT2D eigenvalue weighted by molar-refractivity contribution is 0.0927. The number of fused-ring (bicyclic) bond motifs is 1. The number of hydrogen-bond acceptors (Lipinski definition) is 4. The highest BCUT2D eigenvalue weighted by Gasteiger charge is 2.24. The van der Waals surface area contributed by atoms with Crippen LogP contribution < -0.4 is 10.9 Å². The van der Waals surface area contributed by atoms with Crippen molar-refractivity contribution in [2.45, 2.75) is 25.3 Å². The molecule has 2 aromatic heterocycles. The van der Waals surface area contributed by atoms with E-state index < -0.39 is 0 Å². The molecule has 1 aliphatic rings. The minimum Gasteiger partial charge on any atom is -0.344 e. The number of nitrogens with one attached hydrogen (secondary N) is 2. The van der Waals surface area contributed by atoms with Crippen molar-refractivity contribution < 1.29 is 4.79 Å². The zero-order chi connectivity index (χ0) is 17.2. The highest BCUT2D eigenvalue weighted by atomic mass is 16.2. The van der Waals surface area contributed by atoms with Crippen LogP contribution in [0.1, 0.15) is 40.6 Å². The number of benzene rings is 1. The molecule has 1 amide bonds. The molecule has 1 aliphatic carbocycles. The van der Waals surface area contributed by atoms with Gasteiger partial charge in [0, 0.05) is 11.8 Å². The van der Waals surface area contributed by atoms with Gasteiger partial charge >= 0.3 is 0 Å². The van der Waals surface area contributed by atoms with Crippen molar-refractivity contribution in [1.82, 2.24) is 25.3 Å². The van der Waals surface area contributed by atoms with Gasteiger partial charge in [0.15, 0.2) is 5.69 Å². The fourth-order valence-corrected chi connectivity index (χ4v) is 3.14. The first kappa shape index (κ1) is 15.3. The second kappa shape index (κ2) is 6.35. The number of H-pyrrole nitrogens is 1. The molecule has 3 aromatic rings. The number of carbonyl (C=O) groups excluding carboxylic acids is 1. The van der Waals surface area contributed by atoms with E-state index >= 15 is 0 Å². The van der Waals surface area contributed by atoms with Crippen molar-refractivity contribution >= 4 is 5.91 Å². The third-order valence-electron chi connectivity index (χ3n) is 4.35. The summed E-state index contributed by atoms with van der Waals surface area (Å²) in [6.45, 7) is 0. The van der Waals surface area contributed by atoms with Gasteiger partial charge in [-0.1, -0.05) is 18.2 Å². The van der Waals surface area contributed by atoms with Gasteiger partial charge in [-0.3, -0.25) is 9.59 Å². The van der Waals surface area contributed by atoms with Crippen molar-refractivity contribution in [3.63, 3.8) is 0 Å². The molecule has 2 N–H and O–H groups in total. The SMILES string of the molecule is O=C(N[C@H]1CCCc2[nH]c(=O)ccc21)c1cnn(-c2ccccc2)n1. The van der Waals surface area contributed by atoms with Crippen LogP contribution in [0.2, 0.25) is 0 Å². The minimum atomic E-state index is -0.272. The molecule has 0 aliphatic heterocycles. The number of aryl methyl sites for hydroxylation is 1. The Morgan fingerprint density at radius 2 is 2.04 bits per heavy atom. The molecule has 2 heterocycles. The summed E-state index contributed by atoms with van der Waals surface area (Å²) in [7, 11) is 0. The number of hydrogen-bond donors (Lipinski definition) is 2. The van der Waals surface area contributed by atoms with Crippen LogP contribution in [-0.4, -0.2) is 25.9 Å². The van der Waals surface area contributed by atoms with E-state index in [-0.39, 0.29) is 23.2 Å². The third kappa shape index (κ3) is 3.08. The highest BCUT2D eigenvalue weighted by Crippen LogP contribution is 2.27. The molecule has 7 nitrogen and oxygen atoms in total. The number of nitrogens with zero attached hydrogens (tertiary/aromatic N) is 3. The maximum Gasteiger partial charge on any atom is 0.273 e. The van der Waals surface area contributed by atoms with Crippen molar-refractivity contribution in [3.05, 3.63) is 76.0 Å². The molecule has 0 unspecified atom stereocenters. The van der Waals surface area contributed by atoms with E-state index in [0.29, 0.717) is 0 Å². The highest BCUT2D eigenvalue weighted by molar-refractivity contribution is 5.92. The lowest BCUT2D eigenvalue weighted by Crippen LogP contribution is -2.32. The Hall–Kier alpha value is -3.22. The van der Waals surface area contributed by atoms with E-state index in [1.807, 2.05) is 30.3 Å². The molecule has 126 valence electrons. The summed E-state index contributed by atoms with van der Waals surface area (Å²) in [6, 6.07) is 12.6. The molecule has 0 fully saturated rings. The van der Waals surface area contributed by atoms with Crippen LogP contribution in [-0.2, 0) is 6.42 Å². The molecule has 0 spiro atoms. The third-order valence-corrected chi connectivity index (χ3v) is 4.35.